The molecule has 0 radical (unpaired) electrons. The molecule has 0 aromatic rings. The molecule has 1 saturated heterocycles. The molecule has 0 bridgehead atoms. The number of rotatable bonds is 8. The molecule has 1 N–H and O–H groups in total. The number of likely N-dealkylation sites (tertiary alicyclic amines) is 1. The summed E-state index contributed by atoms with van der Waals surface area (Å²) in [6.07, 6.45) is 8.27. The van der Waals surface area contributed by atoms with Crippen LogP contribution in [0.25, 0.3) is 0 Å². The summed E-state index contributed by atoms with van der Waals surface area (Å²) in [7, 11) is 0. The molecule has 108 valence electrons. The predicted molar refractivity (Wildman–Crippen MR) is 81.0 cm³/mol. The highest BCUT2D eigenvalue weighted by molar-refractivity contribution is 4.80. The zero-order valence-corrected chi connectivity index (χ0v) is 13.0. The van der Waals surface area contributed by atoms with Crippen LogP contribution in [-0.2, 0) is 0 Å². The van der Waals surface area contributed by atoms with Gasteiger partial charge >= 0.3 is 0 Å². The topological polar surface area (TPSA) is 15.3 Å². The van der Waals surface area contributed by atoms with Crippen LogP contribution in [0.3, 0.4) is 0 Å². The van der Waals surface area contributed by atoms with Crippen LogP contribution in [-0.4, -0.2) is 36.6 Å². The minimum atomic E-state index is 0.627. The maximum atomic E-state index is 3.61. The van der Waals surface area contributed by atoms with Crippen molar-refractivity contribution in [2.75, 3.05) is 19.6 Å². The standard InChI is InChI=1S/C16H34N2/c1-5-7-10-16(6-2)18-11-8-9-15(13-18)12-17-14(3)4/h14-17H,5-13H2,1-4H3. The predicted octanol–water partition coefficient (Wildman–Crippen LogP) is 3.67. The molecule has 2 atom stereocenters. The Morgan fingerprint density at radius 1 is 1.28 bits per heavy atom. The molecule has 2 unspecified atom stereocenters. The Labute approximate surface area is 115 Å². The summed E-state index contributed by atoms with van der Waals surface area (Å²) in [6.45, 7) is 13.0. The van der Waals surface area contributed by atoms with Crippen molar-refractivity contribution in [3.05, 3.63) is 0 Å². The van der Waals surface area contributed by atoms with Crippen LogP contribution in [0.2, 0.25) is 0 Å². The smallest absolute Gasteiger partial charge is 0.00927 e. The molecule has 1 fully saturated rings. The summed E-state index contributed by atoms with van der Waals surface area (Å²) in [6, 6.07) is 1.47. The van der Waals surface area contributed by atoms with E-state index in [4.69, 9.17) is 0 Å². The molecule has 2 heteroatoms. The number of hydrogen-bond donors (Lipinski definition) is 1. The lowest BCUT2D eigenvalue weighted by Gasteiger charge is -2.38. The highest BCUT2D eigenvalue weighted by atomic mass is 15.2. The van der Waals surface area contributed by atoms with E-state index < -0.39 is 0 Å². The summed E-state index contributed by atoms with van der Waals surface area (Å²) < 4.78 is 0. The summed E-state index contributed by atoms with van der Waals surface area (Å²) in [5.41, 5.74) is 0. The van der Waals surface area contributed by atoms with Crippen molar-refractivity contribution in [3.63, 3.8) is 0 Å². The second-order valence-corrected chi connectivity index (χ2v) is 6.27. The van der Waals surface area contributed by atoms with Gasteiger partial charge in [0.1, 0.15) is 0 Å². The van der Waals surface area contributed by atoms with E-state index in [9.17, 15) is 0 Å². The maximum absolute atomic E-state index is 3.61. The molecule has 1 aliphatic rings. The number of nitrogens with one attached hydrogen (secondary N) is 1. The highest BCUT2D eigenvalue weighted by Gasteiger charge is 2.24. The Morgan fingerprint density at radius 3 is 2.67 bits per heavy atom. The molecule has 0 aliphatic carbocycles. The molecule has 0 saturated carbocycles. The van der Waals surface area contributed by atoms with Crippen LogP contribution in [0.5, 0.6) is 0 Å². The van der Waals surface area contributed by atoms with E-state index in [1.54, 1.807) is 0 Å². The van der Waals surface area contributed by atoms with Crippen molar-refractivity contribution >= 4 is 0 Å². The minimum absolute atomic E-state index is 0.627. The SMILES string of the molecule is CCCCC(CC)N1CCCC(CNC(C)C)C1. The molecular weight excluding hydrogens is 220 g/mol. The Kier molecular flexibility index (Phi) is 7.92. The van der Waals surface area contributed by atoms with Gasteiger partial charge in [-0.3, -0.25) is 0 Å². The van der Waals surface area contributed by atoms with Gasteiger partial charge in [0.15, 0.2) is 0 Å². The van der Waals surface area contributed by atoms with Crippen LogP contribution in [0.4, 0.5) is 0 Å². The van der Waals surface area contributed by atoms with Gasteiger partial charge in [-0.05, 0) is 44.7 Å². The largest absolute Gasteiger partial charge is 0.314 e. The van der Waals surface area contributed by atoms with Crippen molar-refractivity contribution in [1.29, 1.82) is 0 Å². The zero-order valence-electron chi connectivity index (χ0n) is 13.0. The lowest BCUT2D eigenvalue weighted by Crippen LogP contribution is -2.45. The lowest BCUT2D eigenvalue weighted by atomic mass is 9.94. The first-order valence-corrected chi connectivity index (χ1v) is 8.14. The van der Waals surface area contributed by atoms with Crippen molar-refractivity contribution in [3.8, 4) is 0 Å². The molecule has 0 amide bonds. The van der Waals surface area contributed by atoms with E-state index in [0.717, 1.165) is 12.0 Å². The van der Waals surface area contributed by atoms with E-state index in [2.05, 4.69) is 37.9 Å². The molecule has 0 aromatic heterocycles. The monoisotopic (exact) mass is 254 g/mol. The number of nitrogens with zero attached hydrogens (tertiary/aromatic N) is 1. The van der Waals surface area contributed by atoms with Gasteiger partial charge < -0.3 is 10.2 Å². The normalized spacial score (nSPS) is 23.5. The Balaban J connectivity index is 2.35. The first-order chi connectivity index (χ1) is 8.67. The first-order valence-electron chi connectivity index (χ1n) is 8.14. The van der Waals surface area contributed by atoms with E-state index in [-0.39, 0.29) is 0 Å². The second-order valence-electron chi connectivity index (χ2n) is 6.27. The number of piperidine rings is 1. The summed E-state index contributed by atoms with van der Waals surface area (Å²) in [5, 5.41) is 3.61. The minimum Gasteiger partial charge on any atom is -0.314 e. The highest BCUT2D eigenvalue weighted by Crippen LogP contribution is 2.22. The quantitative estimate of drug-likeness (QED) is 0.711. The van der Waals surface area contributed by atoms with Gasteiger partial charge in [0.05, 0.1) is 0 Å². The summed E-state index contributed by atoms with van der Waals surface area (Å²) in [5.74, 6) is 0.872. The van der Waals surface area contributed by atoms with Gasteiger partial charge in [0.25, 0.3) is 0 Å². The Morgan fingerprint density at radius 2 is 2.06 bits per heavy atom. The second kappa shape index (κ2) is 8.92. The van der Waals surface area contributed by atoms with Crippen molar-refractivity contribution in [2.24, 2.45) is 5.92 Å². The van der Waals surface area contributed by atoms with Crippen LogP contribution in [0.1, 0.15) is 66.2 Å². The zero-order chi connectivity index (χ0) is 13.4. The molecule has 1 aliphatic heterocycles. The van der Waals surface area contributed by atoms with Crippen LogP contribution in [0.15, 0.2) is 0 Å². The molecule has 0 spiro atoms. The van der Waals surface area contributed by atoms with Crippen LogP contribution in [0, 0.1) is 5.92 Å². The van der Waals surface area contributed by atoms with Crippen molar-refractivity contribution < 1.29 is 0 Å². The van der Waals surface area contributed by atoms with Gasteiger partial charge in [-0.15, -0.1) is 0 Å². The molecule has 1 rings (SSSR count). The van der Waals surface area contributed by atoms with Crippen LogP contribution >= 0.6 is 0 Å². The fourth-order valence-electron chi connectivity index (χ4n) is 3.08. The fourth-order valence-corrected chi connectivity index (χ4v) is 3.08. The van der Waals surface area contributed by atoms with E-state index in [0.29, 0.717) is 6.04 Å². The summed E-state index contributed by atoms with van der Waals surface area (Å²) >= 11 is 0. The van der Waals surface area contributed by atoms with Crippen molar-refractivity contribution in [2.45, 2.75) is 78.3 Å². The molecular formula is C16H34N2. The molecule has 2 nitrogen and oxygen atoms in total. The van der Waals surface area contributed by atoms with Crippen molar-refractivity contribution in [1.82, 2.24) is 10.2 Å². The fraction of sp³-hybridized carbons (Fsp3) is 1.00. The van der Waals surface area contributed by atoms with E-state index >= 15 is 0 Å². The average molecular weight is 254 g/mol. The van der Waals surface area contributed by atoms with Gasteiger partial charge in [0, 0.05) is 18.6 Å². The number of unbranched alkanes of at least 4 members (excludes halogenated alkanes) is 1. The van der Waals surface area contributed by atoms with Gasteiger partial charge in [0.2, 0.25) is 0 Å². The third-order valence-corrected chi connectivity index (χ3v) is 4.24. The molecule has 0 aromatic carbocycles. The first kappa shape index (κ1) is 16.0. The van der Waals surface area contributed by atoms with Gasteiger partial charge in [-0.2, -0.15) is 0 Å². The maximum Gasteiger partial charge on any atom is 0.00927 e. The van der Waals surface area contributed by atoms with Crippen LogP contribution < -0.4 is 5.32 Å². The average Bonchev–Trinajstić information content (AvgIpc) is 2.38. The molecule has 18 heavy (non-hydrogen) atoms. The molecule has 1 heterocycles. The van der Waals surface area contributed by atoms with E-state index in [1.165, 1.54) is 58.2 Å². The lowest BCUT2D eigenvalue weighted by molar-refractivity contribution is 0.111. The third kappa shape index (κ3) is 5.71. The Hall–Kier alpha value is -0.0800. The third-order valence-electron chi connectivity index (χ3n) is 4.24. The van der Waals surface area contributed by atoms with Gasteiger partial charge in [-0.25, -0.2) is 0 Å². The van der Waals surface area contributed by atoms with E-state index in [1.807, 2.05) is 0 Å². The number of hydrogen-bond acceptors (Lipinski definition) is 2. The Bertz CT molecular complexity index is 203. The summed E-state index contributed by atoms with van der Waals surface area (Å²) in [4.78, 5) is 2.77. The van der Waals surface area contributed by atoms with Gasteiger partial charge in [-0.1, -0.05) is 40.5 Å².